The third-order valence-corrected chi connectivity index (χ3v) is 6.20. The van der Waals surface area contributed by atoms with E-state index in [0.29, 0.717) is 12.2 Å². The van der Waals surface area contributed by atoms with Crippen molar-refractivity contribution in [2.24, 2.45) is 0 Å². The van der Waals surface area contributed by atoms with E-state index in [1.165, 1.54) is 12.1 Å². The molecule has 0 saturated heterocycles. The average Bonchev–Trinajstić information content (AvgIpc) is 2.63. The highest BCUT2D eigenvalue weighted by atomic mass is 32.2. The summed E-state index contributed by atoms with van der Waals surface area (Å²) in [6.07, 6.45) is 1.86. The first-order chi connectivity index (χ1) is 13.3. The molecular formula is C20H25FN2O3S2. The number of aryl methyl sites for hydroxylation is 1. The number of hydrogen-bond acceptors (Lipinski definition) is 4. The quantitative estimate of drug-likeness (QED) is 0.594. The fourth-order valence-corrected chi connectivity index (χ4v) is 4.31. The molecule has 0 aromatic heterocycles. The Morgan fingerprint density at radius 1 is 1.18 bits per heavy atom. The molecule has 0 spiro atoms. The molecule has 28 heavy (non-hydrogen) atoms. The van der Waals surface area contributed by atoms with Gasteiger partial charge in [-0.2, -0.15) is 11.8 Å². The number of anilines is 1. The van der Waals surface area contributed by atoms with Crippen LogP contribution in [-0.2, 0) is 20.6 Å². The number of rotatable bonds is 10. The molecule has 0 aliphatic rings. The van der Waals surface area contributed by atoms with Gasteiger partial charge in [-0.15, -0.1) is 0 Å². The van der Waals surface area contributed by atoms with E-state index < -0.39 is 10.0 Å². The van der Waals surface area contributed by atoms with E-state index in [0.717, 1.165) is 39.6 Å². The van der Waals surface area contributed by atoms with Gasteiger partial charge in [0.1, 0.15) is 12.4 Å². The van der Waals surface area contributed by atoms with Crippen molar-refractivity contribution in [1.82, 2.24) is 5.32 Å². The van der Waals surface area contributed by atoms with Crippen LogP contribution in [0.15, 0.2) is 48.5 Å². The molecular weight excluding hydrogens is 399 g/mol. The lowest BCUT2D eigenvalue weighted by Gasteiger charge is -2.22. The minimum atomic E-state index is -3.56. The van der Waals surface area contributed by atoms with Crippen molar-refractivity contribution in [3.05, 3.63) is 65.5 Å². The van der Waals surface area contributed by atoms with Crippen LogP contribution >= 0.6 is 11.8 Å². The molecule has 5 nitrogen and oxygen atoms in total. The second kappa shape index (κ2) is 10.5. The van der Waals surface area contributed by atoms with Crippen LogP contribution in [0.1, 0.15) is 17.5 Å². The minimum absolute atomic E-state index is 0.245. The maximum atomic E-state index is 12.9. The largest absolute Gasteiger partial charge is 0.354 e. The van der Waals surface area contributed by atoms with E-state index in [9.17, 15) is 17.6 Å². The maximum Gasteiger partial charge on any atom is 0.240 e. The molecule has 0 aliphatic heterocycles. The zero-order chi connectivity index (χ0) is 20.6. The Labute approximate surface area is 170 Å². The SMILES string of the molecule is Cc1cccc(N(CC(=O)NCCCSCc2ccc(F)cc2)S(C)(=O)=O)c1. The summed E-state index contributed by atoms with van der Waals surface area (Å²) in [5, 5.41) is 2.77. The highest BCUT2D eigenvalue weighted by Gasteiger charge is 2.20. The first-order valence-corrected chi connectivity index (χ1v) is 11.9. The molecule has 2 aromatic rings. The monoisotopic (exact) mass is 424 g/mol. The summed E-state index contributed by atoms with van der Waals surface area (Å²) in [6, 6.07) is 13.4. The van der Waals surface area contributed by atoms with Crippen LogP contribution in [0.3, 0.4) is 0 Å². The first kappa shape index (κ1) is 22.2. The van der Waals surface area contributed by atoms with Crippen molar-refractivity contribution in [2.75, 3.05) is 29.4 Å². The van der Waals surface area contributed by atoms with Crippen LogP contribution in [0.25, 0.3) is 0 Å². The number of carbonyl (C=O) groups excluding carboxylic acids is 1. The molecule has 0 saturated carbocycles. The van der Waals surface area contributed by atoms with Crippen molar-refractivity contribution in [3.63, 3.8) is 0 Å². The molecule has 2 aromatic carbocycles. The number of benzene rings is 2. The third kappa shape index (κ3) is 7.52. The lowest BCUT2D eigenvalue weighted by atomic mass is 10.2. The average molecular weight is 425 g/mol. The molecule has 1 N–H and O–H groups in total. The molecule has 0 aliphatic carbocycles. The number of sulfonamides is 1. The van der Waals surface area contributed by atoms with E-state index >= 15 is 0 Å². The Hall–Kier alpha value is -2.06. The highest BCUT2D eigenvalue weighted by Crippen LogP contribution is 2.18. The summed E-state index contributed by atoms with van der Waals surface area (Å²) in [5.41, 5.74) is 2.45. The van der Waals surface area contributed by atoms with Crippen LogP contribution in [-0.4, -0.2) is 39.4 Å². The van der Waals surface area contributed by atoms with E-state index in [4.69, 9.17) is 0 Å². The van der Waals surface area contributed by atoms with Gasteiger partial charge in [-0.05, 0) is 54.5 Å². The summed E-state index contributed by atoms with van der Waals surface area (Å²) in [7, 11) is -3.56. The van der Waals surface area contributed by atoms with Gasteiger partial charge in [0.25, 0.3) is 0 Å². The van der Waals surface area contributed by atoms with Crippen molar-refractivity contribution >= 4 is 33.4 Å². The Balaban J connectivity index is 1.74. The maximum absolute atomic E-state index is 12.9. The van der Waals surface area contributed by atoms with Crippen LogP contribution in [0.5, 0.6) is 0 Å². The number of carbonyl (C=O) groups is 1. The van der Waals surface area contributed by atoms with E-state index in [2.05, 4.69) is 5.32 Å². The third-order valence-electron chi connectivity index (χ3n) is 3.95. The standard InChI is InChI=1S/C20H25FN2O3S2/c1-16-5-3-6-19(13-16)23(28(2,25)26)14-20(24)22-11-4-12-27-15-17-7-9-18(21)10-8-17/h3,5-10,13H,4,11-12,14-15H2,1-2H3,(H,22,24). The van der Waals surface area contributed by atoms with Gasteiger partial charge in [0, 0.05) is 12.3 Å². The van der Waals surface area contributed by atoms with Gasteiger partial charge in [0.15, 0.2) is 0 Å². The summed E-state index contributed by atoms with van der Waals surface area (Å²) in [6.45, 7) is 2.10. The van der Waals surface area contributed by atoms with Gasteiger partial charge in [-0.3, -0.25) is 9.10 Å². The Morgan fingerprint density at radius 2 is 1.89 bits per heavy atom. The van der Waals surface area contributed by atoms with Crippen molar-refractivity contribution in [1.29, 1.82) is 0 Å². The molecule has 152 valence electrons. The zero-order valence-corrected chi connectivity index (χ0v) is 17.7. The summed E-state index contributed by atoms with van der Waals surface area (Å²) < 4.78 is 38.1. The van der Waals surface area contributed by atoms with Gasteiger partial charge in [0.05, 0.1) is 11.9 Å². The number of nitrogens with one attached hydrogen (secondary N) is 1. The second-order valence-corrected chi connectivity index (χ2v) is 9.50. The second-order valence-electron chi connectivity index (χ2n) is 6.49. The van der Waals surface area contributed by atoms with Gasteiger partial charge >= 0.3 is 0 Å². The van der Waals surface area contributed by atoms with Crippen molar-refractivity contribution in [2.45, 2.75) is 19.1 Å². The van der Waals surface area contributed by atoms with Crippen LogP contribution < -0.4 is 9.62 Å². The number of nitrogens with zero attached hydrogens (tertiary/aromatic N) is 1. The molecule has 0 heterocycles. The Morgan fingerprint density at radius 3 is 2.54 bits per heavy atom. The lowest BCUT2D eigenvalue weighted by Crippen LogP contribution is -2.40. The fourth-order valence-electron chi connectivity index (χ4n) is 2.54. The highest BCUT2D eigenvalue weighted by molar-refractivity contribution is 7.98. The summed E-state index contributed by atoms with van der Waals surface area (Å²) >= 11 is 1.70. The molecule has 1 amide bonds. The smallest absolute Gasteiger partial charge is 0.240 e. The van der Waals surface area contributed by atoms with Gasteiger partial charge in [-0.1, -0.05) is 24.3 Å². The van der Waals surface area contributed by atoms with Crippen molar-refractivity contribution < 1.29 is 17.6 Å². The number of hydrogen-bond donors (Lipinski definition) is 1. The fraction of sp³-hybridized carbons (Fsp3) is 0.350. The molecule has 0 bridgehead atoms. The molecule has 0 atom stereocenters. The summed E-state index contributed by atoms with van der Waals surface area (Å²) in [4.78, 5) is 12.2. The lowest BCUT2D eigenvalue weighted by molar-refractivity contribution is -0.119. The minimum Gasteiger partial charge on any atom is -0.354 e. The number of thioether (sulfide) groups is 1. The Kier molecular flexibility index (Phi) is 8.32. The van der Waals surface area contributed by atoms with Gasteiger partial charge < -0.3 is 5.32 Å². The van der Waals surface area contributed by atoms with Crippen LogP contribution in [0.4, 0.5) is 10.1 Å². The summed E-state index contributed by atoms with van der Waals surface area (Å²) in [5.74, 6) is 1.04. The normalized spacial score (nSPS) is 11.2. The molecule has 8 heteroatoms. The topological polar surface area (TPSA) is 66.5 Å². The van der Waals surface area contributed by atoms with E-state index in [1.54, 1.807) is 42.1 Å². The first-order valence-electron chi connectivity index (χ1n) is 8.89. The molecule has 0 unspecified atom stereocenters. The predicted molar refractivity (Wildman–Crippen MR) is 114 cm³/mol. The van der Waals surface area contributed by atoms with Crippen LogP contribution in [0.2, 0.25) is 0 Å². The van der Waals surface area contributed by atoms with Gasteiger partial charge in [0.2, 0.25) is 15.9 Å². The van der Waals surface area contributed by atoms with Gasteiger partial charge in [-0.25, -0.2) is 12.8 Å². The van der Waals surface area contributed by atoms with Crippen LogP contribution in [0, 0.1) is 12.7 Å². The number of amides is 1. The van der Waals surface area contributed by atoms with Crippen molar-refractivity contribution in [3.8, 4) is 0 Å². The zero-order valence-electron chi connectivity index (χ0n) is 16.0. The number of halogens is 1. The molecule has 0 fully saturated rings. The van der Waals surface area contributed by atoms with E-state index in [-0.39, 0.29) is 18.3 Å². The molecule has 2 rings (SSSR count). The molecule has 0 radical (unpaired) electrons. The van der Waals surface area contributed by atoms with E-state index in [1.807, 2.05) is 13.0 Å². The Bertz CT molecular complexity index is 887. The predicted octanol–water partition coefficient (Wildman–Crippen LogP) is 3.34.